The van der Waals surface area contributed by atoms with E-state index in [-0.39, 0.29) is 12.6 Å². The highest BCUT2D eigenvalue weighted by Crippen LogP contribution is 2.30. The summed E-state index contributed by atoms with van der Waals surface area (Å²) in [6, 6.07) is 5.18. The molecular weight excluding hydrogens is 309 g/mol. The van der Waals surface area contributed by atoms with Crippen LogP contribution in [0.2, 0.25) is 0 Å². The maximum absolute atomic E-state index is 13.4. The van der Waals surface area contributed by atoms with Crippen LogP contribution in [0.3, 0.4) is 0 Å². The molecule has 0 radical (unpaired) electrons. The standard InChI is InChI=1S/C15H18FNO4S/c16-13-5-3-6-14(10-13)17(22(19)20)15-7-2-1-4-12(15)8-9-21-11-18/h3-6,10-11,15,22H,1-2,7-9H2. The SMILES string of the molecule is O=COCCC1=CCCCC1N(c1cccc(F)c1)[SH](=O)=O. The predicted octanol–water partition coefficient (Wildman–Crippen LogP) is 2.20. The molecule has 1 aliphatic rings. The Morgan fingerprint density at radius 3 is 2.91 bits per heavy atom. The Hall–Kier alpha value is -1.89. The van der Waals surface area contributed by atoms with E-state index in [1.165, 1.54) is 22.5 Å². The molecule has 5 nitrogen and oxygen atoms in total. The first-order valence-corrected chi connectivity index (χ1v) is 8.20. The fourth-order valence-electron chi connectivity index (χ4n) is 2.70. The molecule has 0 aromatic heterocycles. The number of halogens is 1. The lowest BCUT2D eigenvalue weighted by molar-refractivity contribution is -0.128. The number of thiol groups is 1. The molecule has 0 saturated heterocycles. The quantitative estimate of drug-likeness (QED) is 0.361. The van der Waals surface area contributed by atoms with Crippen LogP contribution in [0.5, 0.6) is 0 Å². The molecule has 0 heterocycles. The summed E-state index contributed by atoms with van der Waals surface area (Å²) in [5, 5.41) is 0. The third-order valence-electron chi connectivity index (χ3n) is 3.64. The molecule has 2 rings (SSSR count). The minimum absolute atomic E-state index is 0.207. The third kappa shape index (κ3) is 4.07. The summed E-state index contributed by atoms with van der Waals surface area (Å²) in [5.74, 6) is -0.482. The fraction of sp³-hybridized carbons (Fsp3) is 0.400. The zero-order valence-electron chi connectivity index (χ0n) is 12.0. The number of hydrogen-bond acceptors (Lipinski definition) is 4. The van der Waals surface area contributed by atoms with Crippen LogP contribution >= 0.6 is 0 Å². The molecule has 1 aromatic rings. The number of carbonyl (C=O) groups excluding carboxylic acids is 1. The van der Waals surface area contributed by atoms with E-state index in [0.717, 1.165) is 18.4 Å². The zero-order chi connectivity index (χ0) is 15.9. The molecule has 0 N–H and O–H groups in total. The van der Waals surface area contributed by atoms with Crippen molar-refractivity contribution in [1.82, 2.24) is 0 Å². The molecule has 0 saturated carbocycles. The molecular formula is C15H18FNO4S. The average molecular weight is 327 g/mol. The smallest absolute Gasteiger partial charge is 0.293 e. The monoisotopic (exact) mass is 327 g/mol. The summed E-state index contributed by atoms with van der Waals surface area (Å²) in [5.41, 5.74) is 1.21. The maximum Gasteiger partial charge on any atom is 0.293 e. The Bertz CT molecular complexity index is 622. The molecule has 7 heteroatoms. The van der Waals surface area contributed by atoms with Gasteiger partial charge in [-0.25, -0.2) is 12.8 Å². The molecule has 0 fully saturated rings. The number of anilines is 1. The van der Waals surface area contributed by atoms with Crippen LogP contribution in [-0.4, -0.2) is 27.5 Å². The van der Waals surface area contributed by atoms with Gasteiger partial charge < -0.3 is 4.74 Å². The summed E-state index contributed by atoms with van der Waals surface area (Å²) < 4.78 is 42.8. The van der Waals surface area contributed by atoms with Crippen LogP contribution in [0, 0.1) is 5.82 Å². The van der Waals surface area contributed by atoms with Gasteiger partial charge in [-0.3, -0.25) is 9.10 Å². The first kappa shape index (κ1) is 16.5. The van der Waals surface area contributed by atoms with Gasteiger partial charge in [0, 0.05) is 6.42 Å². The highest BCUT2D eigenvalue weighted by atomic mass is 32.2. The lowest BCUT2D eigenvalue weighted by atomic mass is 9.92. The van der Waals surface area contributed by atoms with Crippen molar-refractivity contribution in [2.45, 2.75) is 31.7 Å². The van der Waals surface area contributed by atoms with Gasteiger partial charge in [0.2, 0.25) is 10.9 Å². The van der Waals surface area contributed by atoms with Crippen molar-refractivity contribution < 1.29 is 22.3 Å². The topological polar surface area (TPSA) is 63.7 Å². The van der Waals surface area contributed by atoms with Crippen LogP contribution in [0.25, 0.3) is 0 Å². The van der Waals surface area contributed by atoms with Gasteiger partial charge in [-0.1, -0.05) is 12.1 Å². The number of ether oxygens (including phenoxy) is 1. The summed E-state index contributed by atoms with van der Waals surface area (Å²) in [6.45, 7) is 0.579. The van der Waals surface area contributed by atoms with E-state index < -0.39 is 16.7 Å². The minimum atomic E-state index is -2.91. The van der Waals surface area contributed by atoms with E-state index >= 15 is 0 Å². The Kier molecular flexibility index (Phi) is 5.94. The Morgan fingerprint density at radius 1 is 1.41 bits per heavy atom. The molecule has 120 valence electrons. The first-order chi connectivity index (χ1) is 10.6. The van der Waals surface area contributed by atoms with E-state index in [2.05, 4.69) is 0 Å². The molecule has 0 spiro atoms. The Labute approximate surface area is 130 Å². The van der Waals surface area contributed by atoms with Gasteiger partial charge in [0.15, 0.2) is 0 Å². The van der Waals surface area contributed by atoms with E-state index in [4.69, 9.17) is 4.74 Å². The number of allylic oxidation sites excluding steroid dienone is 1. The molecule has 22 heavy (non-hydrogen) atoms. The van der Waals surface area contributed by atoms with Crippen molar-refractivity contribution in [2.24, 2.45) is 0 Å². The lowest BCUT2D eigenvalue weighted by Gasteiger charge is -2.33. The van der Waals surface area contributed by atoms with Gasteiger partial charge in [-0.15, -0.1) is 0 Å². The molecule has 0 aliphatic heterocycles. The van der Waals surface area contributed by atoms with E-state index in [0.29, 0.717) is 25.0 Å². The molecule has 0 amide bonds. The van der Waals surface area contributed by atoms with Gasteiger partial charge >= 0.3 is 0 Å². The number of benzene rings is 1. The Balaban J connectivity index is 2.28. The number of hydrogen-bond donors (Lipinski definition) is 1. The minimum Gasteiger partial charge on any atom is -0.468 e. The number of rotatable bonds is 7. The van der Waals surface area contributed by atoms with Crippen LogP contribution in [-0.2, 0) is 20.4 Å². The molecule has 1 unspecified atom stereocenters. The summed E-state index contributed by atoms with van der Waals surface area (Å²) in [4.78, 5) is 10.2. The summed E-state index contributed by atoms with van der Waals surface area (Å²) >= 11 is 0. The van der Waals surface area contributed by atoms with Crippen molar-refractivity contribution in [3.8, 4) is 0 Å². The summed E-state index contributed by atoms with van der Waals surface area (Å²) in [6.07, 6.45) is 4.83. The van der Waals surface area contributed by atoms with Gasteiger partial charge in [-0.2, -0.15) is 0 Å². The first-order valence-electron chi connectivity index (χ1n) is 7.06. The normalized spacial score (nSPS) is 17.9. The largest absolute Gasteiger partial charge is 0.468 e. The second-order valence-corrected chi connectivity index (χ2v) is 5.91. The van der Waals surface area contributed by atoms with Gasteiger partial charge in [-0.05, 0) is 43.0 Å². The number of nitrogens with zero attached hydrogens (tertiary/aromatic N) is 1. The molecule has 1 atom stereocenters. The van der Waals surface area contributed by atoms with Crippen molar-refractivity contribution >= 4 is 23.0 Å². The van der Waals surface area contributed by atoms with Crippen molar-refractivity contribution in [1.29, 1.82) is 0 Å². The zero-order valence-corrected chi connectivity index (χ0v) is 12.9. The molecule has 1 aliphatic carbocycles. The van der Waals surface area contributed by atoms with Crippen LogP contribution in [0.15, 0.2) is 35.9 Å². The van der Waals surface area contributed by atoms with Crippen LogP contribution < -0.4 is 4.31 Å². The highest BCUT2D eigenvalue weighted by Gasteiger charge is 2.27. The van der Waals surface area contributed by atoms with E-state index in [1.54, 1.807) is 6.07 Å². The average Bonchev–Trinajstić information content (AvgIpc) is 2.49. The van der Waals surface area contributed by atoms with Crippen molar-refractivity contribution in [3.63, 3.8) is 0 Å². The summed E-state index contributed by atoms with van der Waals surface area (Å²) in [7, 11) is -2.91. The molecule has 1 aromatic carbocycles. The third-order valence-corrected chi connectivity index (χ3v) is 4.50. The highest BCUT2D eigenvalue weighted by molar-refractivity contribution is 7.74. The lowest BCUT2D eigenvalue weighted by Crippen LogP contribution is -2.37. The van der Waals surface area contributed by atoms with Crippen molar-refractivity contribution in [3.05, 3.63) is 41.7 Å². The van der Waals surface area contributed by atoms with Crippen LogP contribution in [0.1, 0.15) is 25.7 Å². The second kappa shape index (κ2) is 7.93. The van der Waals surface area contributed by atoms with Crippen LogP contribution in [0.4, 0.5) is 10.1 Å². The predicted molar refractivity (Wildman–Crippen MR) is 81.5 cm³/mol. The number of carbonyl (C=O) groups is 1. The van der Waals surface area contributed by atoms with E-state index in [1.807, 2.05) is 6.08 Å². The molecule has 0 bridgehead atoms. The van der Waals surface area contributed by atoms with Gasteiger partial charge in [0.05, 0.1) is 18.3 Å². The van der Waals surface area contributed by atoms with Gasteiger partial charge in [0.1, 0.15) is 5.82 Å². The maximum atomic E-state index is 13.4. The second-order valence-electron chi connectivity index (χ2n) is 5.01. The Morgan fingerprint density at radius 2 is 2.23 bits per heavy atom. The van der Waals surface area contributed by atoms with Gasteiger partial charge in [0.25, 0.3) is 6.47 Å². The van der Waals surface area contributed by atoms with E-state index in [9.17, 15) is 17.6 Å². The fourth-order valence-corrected chi connectivity index (χ4v) is 3.50. The van der Waals surface area contributed by atoms with Crippen molar-refractivity contribution in [2.75, 3.05) is 10.9 Å².